The van der Waals surface area contributed by atoms with Gasteiger partial charge < -0.3 is 20.1 Å². The Morgan fingerprint density at radius 1 is 1.13 bits per heavy atom. The van der Waals surface area contributed by atoms with E-state index in [9.17, 15) is 9.59 Å². The molecule has 30 heavy (non-hydrogen) atoms. The average Bonchev–Trinajstić information content (AvgIpc) is 3.18. The van der Waals surface area contributed by atoms with Crippen LogP contribution in [0, 0.1) is 0 Å². The van der Waals surface area contributed by atoms with Gasteiger partial charge in [0.05, 0.1) is 37.4 Å². The van der Waals surface area contributed by atoms with Gasteiger partial charge in [-0.3, -0.25) is 4.79 Å². The minimum Gasteiger partial charge on any atom is -0.494 e. The fraction of sp³-hybridized carbons (Fsp3) is 0.222. The van der Waals surface area contributed by atoms with Crippen molar-refractivity contribution < 1.29 is 19.1 Å². The second kappa shape index (κ2) is 8.74. The van der Waals surface area contributed by atoms with E-state index in [1.54, 1.807) is 13.1 Å². The summed E-state index contributed by atoms with van der Waals surface area (Å²) < 4.78 is 10.4. The van der Waals surface area contributed by atoms with E-state index in [0.29, 0.717) is 22.7 Å². The van der Waals surface area contributed by atoms with Crippen molar-refractivity contribution in [3.8, 4) is 17.0 Å². The van der Waals surface area contributed by atoms with Crippen LogP contribution in [-0.2, 0) is 11.8 Å². The van der Waals surface area contributed by atoms with Gasteiger partial charge in [-0.1, -0.05) is 11.6 Å². The Hall–Kier alpha value is -3.73. The largest absolute Gasteiger partial charge is 0.494 e. The molecule has 0 spiro atoms. The third-order valence-electron chi connectivity index (χ3n) is 4.07. The van der Waals surface area contributed by atoms with Crippen LogP contribution in [0.3, 0.4) is 0 Å². The van der Waals surface area contributed by atoms with E-state index in [0.717, 1.165) is 0 Å². The summed E-state index contributed by atoms with van der Waals surface area (Å²) in [5.41, 5.74) is 1.82. The number of aromatic nitrogens is 5. The number of esters is 1. The zero-order valence-electron chi connectivity index (χ0n) is 16.6. The lowest BCUT2D eigenvalue weighted by molar-refractivity contribution is 0.0600. The molecule has 2 aromatic heterocycles. The monoisotopic (exact) mass is 431 g/mol. The van der Waals surface area contributed by atoms with Crippen molar-refractivity contribution >= 4 is 34.9 Å². The fourth-order valence-corrected chi connectivity index (χ4v) is 2.88. The van der Waals surface area contributed by atoms with E-state index >= 15 is 0 Å². The Labute approximate surface area is 176 Å². The molecular weight excluding hydrogens is 414 g/mol. The number of halogens is 1. The maximum Gasteiger partial charge on any atom is 0.337 e. The highest BCUT2D eigenvalue weighted by atomic mass is 35.5. The molecule has 0 fully saturated rings. The first-order valence-electron chi connectivity index (χ1n) is 8.57. The molecule has 0 aliphatic carbocycles. The number of nitrogens with zero attached hydrogens (tertiary/aromatic N) is 5. The molecule has 3 rings (SSSR count). The molecule has 1 amide bonds. The van der Waals surface area contributed by atoms with Crippen LogP contribution >= 0.6 is 11.6 Å². The van der Waals surface area contributed by atoms with E-state index in [4.69, 9.17) is 21.1 Å². The smallest absolute Gasteiger partial charge is 0.337 e. The Kier molecular flexibility index (Phi) is 6.11. The van der Waals surface area contributed by atoms with Gasteiger partial charge in [-0.15, -0.1) is 10.2 Å². The average molecular weight is 432 g/mol. The van der Waals surface area contributed by atoms with E-state index in [2.05, 4.69) is 31.0 Å². The number of anilines is 2. The predicted octanol–water partition coefficient (Wildman–Crippen LogP) is 1.82. The number of amides is 1. The summed E-state index contributed by atoms with van der Waals surface area (Å²) in [6.45, 7) is 0. The SMILES string of the molecule is CNC(=O)c1nnc(Cl)cc1Nc1cc(C(=O)OC)cc(-c2cnn(C)n2)c1OC. The summed E-state index contributed by atoms with van der Waals surface area (Å²) in [5, 5.41) is 21.5. The number of benzene rings is 1. The van der Waals surface area contributed by atoms with Crippen LogP contribution in [0.15, 0.2) is 24.4 Å². The van der Waals surface area contributed by atoms with Gasteiger partial charge in [-0.05, 0) is 12.1 Å². The lowest BCUT2D eigenvalue weighted by atomic mass is 10.0. The quantitative estimate of drug-likeness (QED) is 0.560. The zero-order valence-corrected chi connectivity index (χ0v) is 17.3. The normalized spacial score (nSPS) is 10.4. The van der Waals surface area contributed by atoms with Crippen molar-refractivity contribution in [2.45, 2.75) is 0 Å². The number of methoxy groups -OCH3 is 2. The first-order valence-corrected chi connectivity index (χ1v) is 8.95. The molecule has 3 aromatic rings. The number of carbonyl (C=O) groups excluding carboxylic acids is 2. The lowest BCUT2D eigenvalue weighted by Crippen LogP contribution is -2.21. The third kappa shape index (κ3) is 4.15. The first kappa shape index (κ1) is 21.0. The van der Waals surface area contributed by atoms with Crippen molar-refractivity contribution in [1.82, 2.24) is 30.5 Å². The molecule has 0 aliphatic heterocycles. The van der Waals surface area contributed by atoms with Crippen LogP contribution in [0.4, 0.5) is 11.4 Å². The minimum atomic E-state index is -0.566. The molecule has 0 radical (unpaired) electrons. The van der Waals surface area contributed by atoms with Crippen LogP contribution in [0.5, 0.6) is 5.75 Å². The van der Waals surface area contributed by atoms with Crippen molar-refractivity contribution in [3.63, 3.8) is 0 Å². The van der Waals surface area contributed by atoms with E-state index in [-0.39, 0.29) is 22.1 Å². The molecule has 0 unspecified atom stereocenters. The highest BCUT2D eigenvalue weighted by molar-refractivity contribution is 6.29. The molecule has 0 saturated carbocycles. The van der Waals surface area contributed by atoms with Gasteiger partial charge in [0.2, 0.25) is 0 Å². The predicted molar refractivity (Wildman–Crippen MR) is 108 cm³/mol. The number of rotatable bonds is 6. The molecular formula is C18H18ClN7O4. The Morgan fingerprint density at radius 3 is 2.50 bits per heavy atom. The lowest BCUT2D eigenvalue weighted by Gasteiger charge is -2.17. The number of hydrogen-bond acceptors (Lipinski definition) is 9. The van der Waals surface area contributed by atoms with Gasteiger partial charge in [0.15, 0.2) is 16.6 Å². The number of nitrogens with one attached hydrogen (secondary N) is 2. The number of carbonyl (C=O) groups is 2. The second-order valence-electron chi connectivity index (χ2n) is 5.95. The van der Waals surface area contributed by atoms with Gasteiger partial charge in [0, 0.05) is 25.7 Å². The van der Waals surface area contributed by atoms with Gasteiger partial charge >= 0.3 is 5.97 Å². The fourth-order valence-electron chi connectivity index (χ4n) is 2.73. The van der Waals surface area contributed by atoms with Crippen molar-refractivity contribution in [2.24, 2.45) is 7.05 Å². The molecule has 0 bridgehead atoms. The number of aryl methyl sites for hydroxylation is 1. The Morgan fingerprint density at radius 2 is 1.90 bits per heavy atom. The topological polar surface area (TPSA) is 133 Å². The molecule has 0 saturated heterocycles. The molecule has 1 aromatic carbocycles. The molecule has 2 heterocycles. The highest BCUT2D eigenvalue weighted by Crippen LogP contribution is 2.39. The van der Waals surface area contributed by atoms with Crippen LogP contribution in [-0.4, -0.2) is 58.3 Å². The number of ether oxygens (including phenoxy) is 2. The molecule has 0 atom stereocenters. The van der Waals surface area contributed by atoms with Gasteiger partial charge in [-0.25, -0.2) is 4.79 Å². The molecule has 2 N–H and O–H groups in total. The standard InChI is InChI=1S/C18H18ClN7O4/c1-20-17(27)15-11(7-14(19)23-24-15)22-12-6-9(18(28)30-4)5-10(16(12)29-3)13-8-21-26(2)25-13/h5-8H,1-4H3,(H,20,27)(H,22,23). The second-order valence-corrected chi connectivity index (χ2v) is 6.34. The van der Waals surface area contributed by atoms with Gasteiger partial charge in [0.25, 0.3) is 5.91 Å². The molecule has 11 nitrogen and oxygen atoms in total. The van der Waals surface area contributed by atoms with Crippen molar-refractivity contribution in [1.29, 1.82) is 0 Å². The number of hydrogen-bond donors (Lipinski definition) is 2. The molecule has 156 valence electrons. The Balaban J connectivity index is 2.20. The van der Waals surface area contributed by atoms with Crippen LogP contribution < -0.4 is 15.4 Å². The minimum absolute atomic E-state index is 0.00785. The maximum absolute atomic E-state index is 12.2. The third-order valence-corrected chi connectivity index (χ3v) is 4.25. The van der Waals surface area contributed by atoms with Crippen LogP contribution in [0.2, 0.25) is 5.15 Å². The summed E-state index contributed by atoms with van der Waals surface area (Å²) in [7, 11) is 5.88. The first-order chi connectivity index (χ1) is 14.4. The van der Waals surface area contributed by atoms with Gasteiger partial charge in [0.1, 0.15) is 5.69 Å². The summed E-state index contributed by atoms with van der Waals surface area (Å²) in [6.07, 6.45) is 1.53. The summed E-state index contributed by atoms with van der Waals surface area (Å²) in [4.78, 5) is 25.8. The van der Waals surface area contributed by atoms with Crippen LogP contribution in [0.1, 0.15) is 20.8 Å². The van der Waals surface area contributed by atoms with E-state index in [1.807, 2.05) is 0 Å². The molecule has 0 aliphatic rings. The van der Waals surface area contributed by atoms with Crippen molar-refractivity contribution in [2.75, 3.05) is 26.6 Å². The van der Waals surface area contributed by atoms with Crippen molar-refractivity contribution in [3.05, 3.63) is 40.8 Å². The summed E-state index contributed by atoms with van der Waals surface area (Å²) >= 11 is 5.97. The van der Waals surface area contributed by atoms with Crippen LogP contribution in [0.25, 0.3) is 11.3 Å². The molecule has 12 heteroatoms. The highest BCUT2D eigenvalue weighted by Gasteiger charge is 2.21. The summed E-state index contributed by atoms with van der Waals surface area (Å²) in [6, 6.07) is 4.54. The summed E-state index contributed by atoms with van der Waals surface area (Å²) in [5.74, 6) is -0.680. The van der Waals surface area contributed by atoms with E-state index < -0.39 is 11.9 Å². The van der Waals surface area contributed by atoms with E-state index in [1.165, 1.54) is 44.4 Å². The Bertz CT molecular complexity index is 1120. The maximum atomic E-state index is 12.2. The zero-order chi connectivity index (χ0) is 21.8. The van der Waals surface area contributed by atoms with Gasteiger partial charge in [-0.2, -0.15) is 15.0 Å².